The Morgan fingerprint density at radius 1 is 1.40 bits per heavy atom. The number of hydrogen-bond donors (Lipinski definition) is 0. The van der Waals surface area contributed by atoms with Crippen molar-refractivity contribution in [2.45, 2.75) is 51.6 Å². The van der Waals surface area contributed by atoms with Gasteiger partial charge in [0.25, 0.3) is 0 Å². The lowest BCUT2D eigenvalue weighted by Crippen LogP contribution is -2.38. The predicted molar refractivity (Wildman–Crippen MR) is 97.7 cm³/mol. The van der Waals surface area contributed by atoms with Gasteiger partial charge in [0.15, 0.2) is 0 Å². The van der Waals surface area contributed by atoms with Crippen LogP contribution in [0.25, 0.3) is 0 Å². The third kappa shape index (κ3) is 4.03. The van der Waals surface area contributed by atoms with Gasteiger partial charge in [-0.05, 0) is 42.9 Å². The Morgan fingerprint density at radius 3 is 2.92 bits per heavy atom. The molecule has 1 aromatic carbocycles. The van der Waals surface area contributed by atoms with Crippen LogP contribution >= 0.6 is 0 Å². The highest BCUT2D eigenvalue weighted by molar-refractivity contribution is 5.78. The number of para-hydroxylation sites is 1. The molecule has 0 N–H and O–H groups in total. The third-order valence-electron chi connectivity index (χ3n) is 5.01. The zero-order valence-electron chi connectivity index (χ0n) is 15.3. The number of carbonyl (C=O) groups is 1. The van der Waals surface area contributed by atoms with E-state index in [2.05, 4.69) is 12.0 Å². The van der Waals surface area contributed by atoms with Gasteiger partial charge < -0.3 is 9.64 Å². The number of methoxy groups -OCH3 is 1. The zero-order valence-corrected chi connectivity index (χ0v) is 15.3. The van der Waals surface area contributed by atoms with Crippen molar-refractivity contribution in [2.24, 2.45) is 0 Å². The summed E-state index contributed by atoms with van der Waals surface area (Å²) in [6, 6.07) is 8.20. The van der Waals surface area contributed by atoms with Gasteiger partial charge in [0.1, 0.15) is 5.75 Å². The summed E-state index contributed by atoms with van der Waals surface area (Å²) in [6.45, 7) is 5.76. The van der Waals surface area contributed by atoms with Crippen molar-refractivity contribution in [3.8, 4) is 5.75 Å². The molecule has 0 spiro atoms. The predicted octanol–water partition coefficient (Wildman–Crippen LogP) is 3.38. The Kier molecular flexibility index (Phi) is 5.41. The molecule has 5 nitrogen and oxygen atoms in total. The van der Waals surface area contributed by atoms with Gasteiger partial charge in [-0.2, -0.15) is 5.10 Å². The Balaban J connectivity index is 1.65. The van der Waals surface area contributed by atoms with Crippen molar-refractivity contribution in [1.29, 1.82) is 0 Å². The van der Waals surface area contributed by atoms with Gasteiger partial charge >= 0.3 is 0 Å². The first-order valence-electron chi connectivity index (χ1n) is 9.00. The number of likely N-dealkylation sites (tertiary alicyclic amines) is 1. The molecular formula is C20H27N3O2. The van der Waals surface area contributed by atoms with Crippen LogP contribution in [0.3, 0.4) is 0 Å². The molecule has 1 saturated heterocycles. The normalized spacial score (nSPS) is 18.4. The van der Waals surface area contributed by atoms with Gasteiger partial charge in [-0.1, -0.05) is 25.1 Å². The van der Waals surface area contributed by atoms with E-state index in [0.717, 1.165) is 42.8 Å². The van der Waals surface area contributed by atoms with Crippen LogP contribution in [-0.4, -0.2) is 40.3 Å². The van der Waals surface area contributed by atoms with E-state index in [9.17, 15) is 4.79 Å². The second-order valence-corrected chi connectivity index (χ2v) is 6.97. The molecule has 0 unspecified atom stereocenters. The van der Waals surface area contributed by atoms with E-state index in [1.54, 1.807) is 7.11 Å². The second kappa shape index (κ2) is 7.72. The van der Waals surface area contributed by atoms with Crippen LogP contribution in [0.15, 0.2) is 36.7 Å². The number of amides is 1. The minimum Gasteiger partial charge on any atom is -0.496 e. The molecule has 0 radical (unpaired) electrons. The van der Waals surface area contributed by atoms with Gasteiger partial charge in [-0.25, -0.2) is 0 Å². The smallest absolute Gasteiger partial charge is 0.223 e. The summed E-state index contributed by atoms with van der Waals surface area (Å²) in [5, 5.41) is 4.37. The standard InChI is InChI=1S/C20H27N3O2/c1-15-12-21-22(13-15)14-17-7-6-10-23(17)20(24)11-16(2)18-8-4-5-9-19(18)25-3/h4-5,8-9,12-13,16-17H,6-7,10-11,14H2,1-3H3/t16-,17-/m1/s1. The Hall–Kier alpha value is -2.30. The van der Waals surface area contributed by atoms with Gasteiger partial charge in [0.05, 0.1) is 25.9 Å². The molecule has 0 saturated carbocycles. The first kappa shape index (κ1) is 17.5. The molecule has 134 valence electrons. The van der Waals surface area contributed by atoms with Crippen LogP contribution in [0.4, 0.5) is 0 Å². The highest BCUT2D eigenvalue weighted by atomic mass is 16.5. The highest BCUT2D eigenvalue weighted by Crippen LogP contribution is 2.30. The number of ether oxygens (including phenoxy) is 1. The SMILES string of the molecule is COc1ccccc1[C@H](C)CC(=O)N1CCC[C@@H]1Cn1cc(C)cn1. The molecule has 1 amide bonds. The molecule has 1 aromatic heterocycles. The fourth-order valence-corrected chi connectivity index (χ4v) is 3.70. The lowest BCUT2D eigenvalue weighted by atomic mass is 9.96. The van der Waals surface area contributed by atoms with Gasteiger partial charge in [-0.15, -0.1) is 0 Å². The summed E-state index contributed by atoms with van der Waals surface area (Å²) in [6.07, 6.45) is 6.53. The van der Waals surface area contributed by atoms with Crippen molar-refractivity contribution in [2.75, 3.05) is 13.7 Å². The summed E-state index contributed by atoms with van der Waals surface area (Å²) in [5.74, 6) is 1.22. The first-order valence-corrected chi connectivity index (χ1v) is 9.00. The highest BCUT2D eigenvalue weighted by Gasteiger charge is 2.30. The molecule has 1 aliphatic heterocycles. The first-order chi connectivity index (χ1) is 12.1. The third-order valence-corrected chi connectivity index (χ3v) is 5.01. The van der Waals surface area contributed by atoms with E-state index >= 15 is 0 Å². The van der Waals surface area contributed by atoms with E-state index in [1.165, 1.54) is 0 Å². The van der Waals surface area contributed by atoms with Crippen LogP contribution in [0.5, 0.6) is 5.75 Å². The number of nitrogens with zero attached hydrogens (tertiary/aromatic N) is 3. The fraction of sp³-hybridized carbons (Fsp3) is 0.500. The molecule has 2 atom stereocenters. The van der Waals surface area contributed by atoms with Crippen molar-refractivity contribution < 1.29 is 9.53 Å². The number of benzene rings is 1. The summed E-state index contributed by atoms with van der Waals surface area (Å²) >= 11 is 0. The summed E-state index contributed by atoms with van der Waals surface area (Å²) in [4.78, 5) is 14.9. The summed E-state index contributed by atoms with van der Waals surface area (Å²) in [7, 11) is 1.68. The van der Waals surface area contributed by atoms with Crippen molar-refractivity contribution in [3.63, 3.8) is 0 Å². The maximum Gasteiger partial charge on any atom is 0.223 e. The lowest BCUT2D eigenvalue weighted by molar-refractivity contribution is -0.132. The van der Waals surface area contributed by atoms with E-state index in [-0.39, 0.29) is 17.9 Å². The quantitative estimate of drug-likeness (QED) is 0.809. The maximum atomic E-state index is 12.9. The van der Waals surface area contributed by atoms with Crippen LogP contribution in [-0.2, 0) is 11.3 Å². The molecule has 5 heteroatoms. The van der Waals surface area contributed by atoms with E-state index in [0.29, 0.717) is 6.42 Å². The number of hydrogen-bond acceptors (Lipinski definition) is 3. The lowest BCUT2D eigenvalue weighted by Gasteiger charge is -2.26. The minimum atomic E-state index is 0.136. The fourth-order valence-electron chi connectivity index (χ4n) is 3.70. The molecular weight excluding hydrogens is 314 g/mol. The second-order valence-electron chi connectivity index (χ2n) is 6.97. The van der Waals surface area contributed by atoms with Gasteiger partial charge in [0.2, 0.25) is 5.91 Å². The maximum absolute atomic E-state index is 12.9. The van der Waals surface area contributed by atoms with E-state index in [1.807, 2.05) is 53.2 Å². The monoisotopic (exact) mass is 341 g/mol. The molecule has 2 heterocycles. The van der Waals surface area contributed by atoms with Crippen molar-refractivity contribution in [1.82, 2.24) is 14.7 Å². The average Bonchev–Trinajstić information content (AvgIpc) is 3.24. The largest absolute Gasteiger partial charge is 0.496 e. The Labute approximate surface area is 149 Å². The molecule has 25 heavy (non-hydrogen) atoms. The van der Waals surface area contributed by atoms with Crippen LogP contribution < -0.4 is 4.74 Å². The number of rotatable bonds is 6. The molecule has 1 aliphatic rings. The van der Waals surface area contributed by atoms with Crippen molar-refractivity contribution in [3.05, 3.63) is 47.8 Å². The Morgan fingerprint density at radius 2 is 2.20 bits per heavy atom. The zero-order chi connectivity index (χ0) is 17.8. The summed E-state index contributed by atoms with van der Waals surface area (Å²) < 4.78 is 7.39. The van der Waals surface area contributed by atoms with Crippen molar-refractivity contribution >= 4 is 5.91 Å². The van der Waals surface area contributed by atoms with Gasteiger partial charge in [0, 0.05) is 19.2 Å². The van der Waals surface area contributed by atoms with Crippen LogP contribution in [0, 0.1) is 6.92 Å². The average molecular weight is 341 g/mol. The molecule has 0 bridgehead atoms. The van der Waals surface area contributed by atoms with E-state index in [4.69, 9.17) is 4.74 Å². The van der Waals surface area contributed by atoms with Crippen LogP contribution in [0.1, 0.15) is 43.2 Å². The van der Waals surface area contributed by atoms with E-state index < -0.39 is 0 Å². The van der Waals surface area contributed by atoms with Crippen LogP contribution in [0.2, 0.25) is 0 Å². The topological polar surface area (TPSA) is 47.4 Å². The number of carbonyl (C=O) groups excluding carboxylic acids is 1. The molecule has 1 fully saturated rings. The molecule has 0 aliphatic carbocycles. The summed E-state index contributed by atoms with van der Waals surface area (Å²) in [5.41, 5.74) is 2.25. The number of aryl methyl sites for hydroxylation is 1. The molecule has 3 rings (SSSR count). The number of aromatic nitrogens is 2. The van der Waals surface area contributed by atoms with Gasteiger partial charge in [-0.3, -0.25) is 9.48 Å². The minimum absolute atomic E-state index is 0.136. The molecule has 2 aromatic rings. The Bertz CT molecular complexity index is 725.